The number of aliphatic carboxylic acids is 2. The van der Waals surface area contributed by atoms with E-state index < -0.39 is 23.6 Å². The largest absolute Gasteiger partial charge is 0.479 e. The first-order valence-corrected chi connectivity index (χ1v) is 6.04. The second kappa shape index (κ2) is 5.49. The molecule has 2 atom stereocenters. The van der Waals surface area contributed by atoms with E-state index in [1.165, 1.54) is 0 Å². The van der Waals surface area contributed by atoms with Gasteiger partial charge >= 0.3 is 11.9 Å². The Balaban J connectivity index is 2.29. The number of hydrogen-bond acceptors (Lipinski definition) is 3. The smallest absolute Gasteiger partial charge is 0.339 e. The summed E-state index contributed by atoms with van der Waals surface area (Å²) >= 11 is 0. The fourth-order valence-corrected chi connectivity index (χ4v) is 2.00. The number of rotatable bonds is 8. The van der Waals surface area contributed by atoms with Crippen molar-refractivity contribution in [2.45, 2.75) is 57.7 Å². The lowest BCUT2D eigenvalue weighted by atomic mass is 9.96. The molecule has 5 heteroatoms. The molecule has 0 spiro atoms. The molecule has 2 N–H and O–H groups in total. The van der Waals surface area contributed by atoms with Gasteiger partial charge in [0.2, 0.25) is 5.60 Å². The summed E-state index contributed by atoms with van der Waals surface area (Å²) in [5.41, 5.74) is -1.45. The Labute approximate surface area is 101 Å². The van der Waals surface area contributed by atoms with Crippen LogP contribution < -0.4 is 0 Å². The van der Waals surface area contributed by atoms with Gasteiger partial charge in [0.15, 0.2) is 6.10 Å². The molecule has 0 amide bonds. The topological polar surface area (TPSA) is 87.1 Å². The molecule has 1 fully saturated rings. The third-order valence-electron chi connectivity index (χ3n) is 3.11. The quantitative estimate of drug-likeness (QED) is 0.503. The van der Waals surface area contributed by atoms with Gasteiger partial charge in [-0.2, -0.15) is 0 Å². The van der Waals surface area contributed by atoms with Gasteiger partial charge in [-0.3, -0.25) is 0 Å². The molecule has 1 saturated heterocycles. The second-order valence-corrected chi connectivity index (χ2v) is 5.02. The lowest BCUT2D eigenvalue weighted by Gasteiger charge is -2.07. The highest BCUT2D eigenvalue weighted by atomic mass is 16.6. The van der Waals surface area contributed by atoms with Crippen molar-refractivity contribution >= 4 is 11.9 Å². The zero-order chi connectivity index (χ0) is 13.1. The second-order valence-electron chi connectivity index (χ2n) is 5.02. The van der Waals surface area contributed by atoms with Gasteiger partial charge in [0.25, 0.3) is 0 Å². The molecule has 0 aliphatic carbocycles. The van der Waals surface area contributed by atoms with Crippen molar-refractivity contribution in [3.63, 3.8) is 0 Å². The maximum absolute atomic E-state index is 11.0. The summed E-state index contributed by atoms with van der Waals surface area (Å²) in [4.78, 5) is 21.7. The molecule has 1 heterocycles. The summed E-state index contributed by atoms with van der Waals surface area (Å²) in [6.45, 7) is 4.28. The van der Waals surface area contributed by atoms with Gasteiger partial charge in [0.05, 0.1) is 0 Å². The number of carboxylic acid groups (broad SMARTS) is 2. The summed E-state index contributed by atoms with van der Waals surface area (Å²) in [7, 11) is 0. The van der Waals surface area contributed by atoms with E-state index in [4.69, 9.17) is 14.9 Å². The summed E-state index contributed by atoms with van der Waals surface area (Å²) in [6.07, 6.45) is 2.91. The molecule has 0 bridgehead atoms. The zero-order valence-corrected chi connectivity index (χ0v) is 10.3. The van der Waals surface area contributed by atoms with Crippen molar-refractivity contribution in [3.8, 4) is 0 Å². The van der Waals surface area contributed by atoms with Gasteiger partial charge < -0.3 is 14.9 Å². The third-order valence-corrected chi connectivity index (χ3v) is 3.11. The van der Waals surface area contributed by atoms with Gasteiger partial charge in [-0.1, -0.05) is 33.1 Å². The van der Waals surface area contributed by atoms with E-state index in [2.05, 4.69) is 13.8 Å². The predicted molar refractivity (Wildman–Crippen MR) is 60.8 cm³/mol. The van der Waals surface area contributed by atoms with Gasteiger partial charge in [-0.15, -0.1) is 0 Å². The normalized spacial score (nSPS) is 27.1. The maximum Gasteiger partial charge on any atom is 0.339 e. The average molecular weight is 244 g/mol. The van der Waals surface area contributed by atoms with Crippen LogP contribution in [-0.2, 0) is 14.3 Å². The zero-order valence-electron chi connectivity index (χ0n) is 10.3. The highest BCUT2D eigenvalue weighted by Crippen LogP contribution is 2.41. The van der Waals surface area contributed by atoms with Crippen LogP contribution in [0.3, 0.4) is 0 Å². The number of epoxide rings is 1. The van der Waals surface area contributed by atoms with Crippen LogP contribution >= 0.6 is 0 Å². The van der Waals surface area contributed by atoms with Crippen LogP contribution in [0.1, 0.15) is 46.0 Å². The van der Waals surface area contributed by atoms with Crippen LogP contribution in [0.5, 0.6) is 0 Å². The van der Waals surface area contributed by atoms with Crippen molar-refractivity contribution in [1.29, 1.82) is 0 Å². The Morgan fingerprint density at radius 1 is 1.24 bits per heavy atom. The van der Waals surface area contributed by atoms with Crippen LogP contribution in [-0.4, -0.2) is 33.9 Å². The highest BCUT2D eigenvalue weighted by Gasteiger charge is 2.66. The summed E-state index contributed by atoms with van der Waals surface area (Å²) in [5, 5.41) is 17.7. The molecule has 1 aliphatic rings. The molecule has 0 radical (unpaired) electrons. The standard InChI is InChI=1S/C12H20O5/c1-8(2)6-4-3-5-7-12(11(15)16)9(17-12)10(13)14/h8-9H,3-7H2,1-2H3,(H,13,14)(H,15,16). The number of unbranched alkanes of at least 4 members (excludes halogenated alkanes) is 2. The first-order valence-electron chi connectivity index (χ1n) is 6.04. The molecular formula is C12H20O5. The molecule has 5 nitrogen and oxygen atoms in total. The van der Waals surface area contributed by atoms with E-state index in [0.29, 0.717) is 12.3 Å². The summed E-state index contributed by atoms with van der Waals surface area (Å²) in [5.74, 6) is -1.70. The molecular weight excluding hydrogens is 224 g/mol. The Bertz CT molecular complexity index is 299. The fraction of sp³-hybridized carbons (Fsp3) is 0.833. The van der Waals surface area contributed by atoms with E-state index in [-0.39, 0.29) is 6.42 Å². The molecule has 1 rings (SSSR count). The molecule has 0 saturated carbocycles. The lowest BCUT2D eigenvalue weighted by molar-refractivity contribution is -0.144. The van der Waals surface area contributed by atoms with E-state index in [9.17, 15) is 9.59 Å². The fourth-order valence-electron chi connectivity index (χ4n) is 2.00. The Morgan fingerprint density at radius 3 is 2.29 bits per heavy atom. The van der Waals surface area contributed by atoms with Crippen molar-refractivity contribution in [2.24, 2.45) is 5.92 Å². The van der Waals surface area contributed by atoms with E-state index in [1.807, 2.05) is 0 Å². The SMILES string of the molecule is CC(C)CCCCCC1(C(=O)O)OC1C(=O)O. The van der Waals surface area contributed by atoms with E-state index in [0.717, 1.165) is 19.3 Å². The maximum atomic E-state index is 11.0. The first-order chi connectivity index (χ1) is 7.90. The molecule has 0 aromatic carbocycles. The molecule has 1 aliphatic heterocycles. The minimum absolute atomic E-state index is 0.289. The number of ether oxygens (including phenoxy) is 1. The number of hydrogen-bond donors (Lipinski definition) is 2. The summed E-state index contributed by atoms with van der Waals surface area (Å²) < 4.78 is 4.86. The van der Waals surface area contributed by atoms with Crippen LogP contribution in [0, 0.1) is 5.92 Å². The van der Waals surface area contributed by atoms with Gasteiger partial charge in [-0.05, 0) is 18.8 Å². The number of carbonyl (C=O) groups is 2. The van der Waals surface area contributed by atoms with Gasteiger partial charge in [0, 0.05) is 0 Å². The van der Waals surface area contributed by atoms with Crippen LogP contribution in [0.15, 0.2) is 0 Å². The van der Waals surface area contributed by atoms with Crippen molar-refractivity contribution < 1.29 is 24.5 Å². The monoisotopic (exact) mass is 244 g/mol. The first kappa shape index (κ1) is 14.0. The van der Waals surface area contributed by atoms with Crippen LogP contribution in [0.2, 0.25) is 0 Å². The number of carboxylic acids is 2. The third kappa shape index (κ3) is 3.43. The lowest BCUT2D eigenvalue weighted by Crippen LogP contribution is -2.30. The minimum atomic E-state index is -1.45. The van der Waals surface area contributed by atoms with Crippen molar-refractivity contribution in [2.75, 3.05) is 0 Å². The van der Waals surface area contributed by atoms with E-state index in [1.54, 1.807) is 0 Å². The van der Waals surface area contributed by atoms with E-state index >= 15 is 0 Å². The van der Waals surface area contributed by atoms with Crippen LogP contribution in [0.25, 0.3) is 0 Å². The summed E-state index contributed by atoms with van der Waals surface area (Å²) in [6, 6.07) is 0. The Kier molecular flexibility index (Phi) is 4.51. The van der Waals surface area contributed by atoms with Gasteiger partial charge in [0.1, 0.15) is 0 Å². The molecule has 0 aromatic heterocycles. The average Bonchev–Trinajstić information content (AvgIpc) is 2.93. The van der Waals surface area contributed by atoms with Crippen molar-refractivity contribution in [1.82, 2.24) is 0 Å². The van der Waals surface area contributed by atoms with Gasteiger partial charge in [-0.25, -0.2) is 9.59 Å². The molecule has 17 heavy (non-hydrogen) atoms. The Morgan fingerprint density at radius 2 is 1.88 bits per heavy atom. The van der Waals surface area contributed by atoms with Crippen LogP contribution in [0.4, 0.5) is 0 Å². The highest BCUT2D eigenvalue weighted by molar-refractivity contribution is 5.92. The molecule has 0 aromatic rings. The minimum Gasteiger partial charge on any atom is -0.479 e. The predicted octanol–water partition coefficient (Wildman–Crippen LogP) is 1.90. The molecule has 2 unspecified atom stereocenters. The van der Waals surface area contributed by atoms with Crippen molar-refractivity contribution in [3.05, 3.63) is 0 Å². The molecule has 98 valence electrons. The Hall–Kier alpha value is -1.10.